The molecule has 0 spiro atoms. The maximum Gasteiger partial charge on any atom is 0.258 e. The minimum absolute atomic E-state index is 0.419. The second-order valence-electron chi connectivity index (χ2n) is 6.84. The van der Waals surface area contributed by atoms with Crippen LogP contribution in [0.1, 0.15) is 29.6 Å². The van der Waals surface area contributed by atoms with Gasteiger partial charge in [0.05, 0.1) is 16.9 Å². The highest BCUT2D eigenvalue weighted by Gasteiger charge is 2.38. The van der Waals surface area contributed by atoms with Gasteiger partial charge < -0.3 is 15.3 Å². The van der Waals surface area contributed by atoms with E-state index in [2.05, 4.69) is 10.2 Å². The number of phenols is 1. The minimum atomic E-state index is -1.72. The molecule has 4 rings (SSSR count). The first kappa shape index (κ1) is 16.8. The van der Waals surface area contributed by atoms with Crippen LogP contribution in [0.4, 0.5) is 24.5 Å². The van der Waals surface area contributed by atoms with Gasteiger partial charge in [-0.2, -0.15) is 4.39 Å². The van der Waals surface area contributed by atoms with Gasteiger partial charge in [-0.1, -0.05) is 12.1 Å². The van der Waals surface area contributed by atoms with Crippen molar-refractivity contribution in [2.75, 3.05) is 16.8 Å². The zero-order valence-corrected chi connectivity index (χ0v) is 13.8. The number of carbonyl (C=O) groups excluding carboxylic acids is 1. The van der Waals surface area contributed by atoms with Gasteiger partial charge in [0.2, 0.25) is 5.82 Å². The third-order valence-corrected chi connectivity index (χ3v) is 5.25. The van der Waals surface area contributed by atoms with Crippen LogP contribution in [0.3, 0.4) is 0 Å². The Morgan fingerprint density at radius 1 is 1.15 bits per heavy atom. The molecule has 1 saturated heterocycles. The fourth-order valence-corrected chi connectivity index (χ4v) is 3.99. The van der Waals surface area contributed by atoms with Gasteiger partial charge in [-0.25, -0.2) is 8.78 Å². The van der Waals surface area contributed by atoms with Crippen molar-refractivity contribution in [1.29, 1.82) is 0 Å². The number of nitrogens with one attached hydrogen (secondary N) is 1. The van der Waals surface area contributed by atoms with Crippen LogP contribution in [-0.2, 0) is 0 Å². The normalized spacial score (nSPS) is 21.3. The lowest BCUT2D eigenvalue weighted by molar-refractivity contribution is 0.102. The van der Waals surface area contributed by atoms with E-state index in [1.54, 1.807) is 12.1 Å². The molecule has 1 aliphatic heterocycles. The molecule has 0 unspecified atom stereocenters. The zero-order valence-electron chi connectivity index (χ0n) is 13.8. The van der Waals surface area contributed by atoms with Gasteiger partial charge in [-0.05, 0) is 43.4 Å². The third-order valence-electron chi connectivity index (χ3n) is 5.25. The lowest BCUT2D eigenvalue weighted by Gasteiger charge is -2.31. The molecule has 7 heteroatoms. The van der Waals surface area contributed by atoms with Crippen LogP contribution in [-0.4, -0.2) is 23.6 Å². The number of aromatic hydroxyl groups is 1. The van der Waals surface area contributed by atoms with E-state index < -0.39 is 34.7 Å². The summed E-state index contributed by atoms with van der Waals surface area (Å²) in [6.07, 6.45) is 3.42. The summed E-state index contributed by atoms with van der Waals surface area (Å²) in [5.74, 6) is -6.50. The molecule has 26 heavy (non-hydrogen) atoms. The van der Waals surface area contributed by atoms with E-state index in [9.17, 15) is 23.1 Å². The molecule has 2 bridgehead atoms. The molecule has 1 amide bonds. The molecule has 2 N–H and O–H groups in total. The van der Waals surface area contributed by atoms with Crippen LogP contribution in [0.5, 0.6) is 5.75 Å². The topological polar surface area (TPSA) is 52.6 Å². The van der Waals surface area contributed by atoms with E-state index in [-0.39, 0.29) is 0 Å². The minimum Gasteiger partial charge on any atom is -0.503 e. The molecule has 0 radical (unpaired) electrons. The van der Waals surface area contributed by atoms with E-state index in [1.165, 1.54) is 6.42 Å². The average molecular weight is 362 g/mol. The van der Waals surface area contributed by atoms with Crippen molar-refractivity contribution in [2.45, 2.75) is 25.3 Å². The third kappa shape index (κ3) is 2.67. The van der Waals surface area contributed by atoms with E-state index in [0.29, 0.717) is 23.7 Å². The molecular weight excluding hydrogens is 345 g/mol. The Bertz CT molecular complexity index is 887. The Morgan fingerprint density at radius 2 is 1.92 bits per heavy atom. The Hall–Kier alpha value is -2.70. The lowest BCUT2D eigenvalue weighted by atomic mass is 10.1. The van der Waals surface area contributed by atoms with Gasteiger partial charge in [-0.3, -0.25) is 4.79 Å². The zero-order chi connectivity index (χ0) is 18.4. The number of para-hydroxylation sites is 2. The molecule has 2 atom stereocenters. The highest BCUT2D eigenvalue weighted by molar-refractivity contribution is 6.06. The van der Waals surface area contributed by atoms with Gasteiger partial charge >= 0.3 is 0 Å². The van der Waals surface area contributed by atoms with Crippen LogP contribution in [0.2, 0.25) is 0 Å². The van der Waals surface area contributed by atoms with Crippen molar-refractivity contribution < 1.29 is 23.1 Å². The molecule has 1 saturated carbocycles. The molecule has 4 nitrogen and oxygen atoms in total. The summed E-state index contributed by atoms with van der Waals surface area (Å²) in [5.41, 5.74) is 0.535. The predicted molar refractivity (Wildman–Crippen MR) is 90.9 cm³/mol. The van der Waals surface area contributed by atoms with Crippen molar-refractivity contribution in [2.24, 2.45) is 5.92 Å². The van der Waals surface area contributed by atoms with Gasteiger partial charge in [0.1, 0.15) is 0 Å². The summed E-state index contributed by atoms with van der Waals surface area (Å²) in [6.45, 7) is 0.901. The summed E-state index contributed by atoms with van der Waals surface area (Å²) in [6, 6.07) is 7.99. The number of hydrogen-bond acceptors (Lipinski definition) is 3. The number of amides is 1. The molecule has 2 aromatic carbocycles. The largest absolute Gasteiger partial charge is 0.503 e. The first-order chi connectivity index (χ1) is 12.5. The van der Waals surface area contributed by atoms with Crippen molar-refractivity contribution >= 4 is 17.3 Å². The van der Waals surface area contributed by atoms with Crippen LogP contribution >= 0.6 is 0 Å². The number of rotatable bonds is 3. The molecule has 0 aromatic heterocycles. The van der Waals surface area contributed by atoms with Gasteiger partial charge in [0.25, 0.3) is 5.91 Å². The highest BCUT2D eigenvalue weighted by atomic mass is 19.2. The SMILES string of the molecule is O=C(Nc1ccccc1N1C[C@H]2CC[C@H]1C2)c1cc(F)c(F)c(O)c1F. The standard InChI is InChI=1S/C19H17F3N2O2/c20-13-8-12(16(21)18(25)17(13)22)19(26)23-14-3-1-2-4-15(14)24-9-10-5-6-11(24)7-10/h1-4,8,10-11,25H,5-7,9H2,(H,23,26)/t10-,11-/m0/s1. The highest BCUT2D eigenvalue weighted by Crippen LogP contribution is 2.42. The van der Waals surface area contributed by atoms with Crippen LogP contribution < -0.4 is 10.2 Å². The van der Waals surface area contributed by atoms with E-state index in [0.717, 1.165) is 25.1 Å². The van der Waals surface area contributed by atoms with Crippen LogP contribution in [0.25, 0.3) is 0 Å². The average Bonchev–Trinajstić information content (AvgIpc) is 3.26. The van der Waals surface area contributed by atoms with Crippen molar-refractivity contribution in [3.8, 4) is 5.75 Å². The fourth-order valence-electron chi connectivity index (χ4n) is 3.99. The first-order valence-corrected chi connectivity index (χ1v) is 8.49. The number of nitrogens with zero attached hydrogens (tertiary/aromatic N) is 1. The summed E-state index contributed by atoms with van der Waals surface area (Å²) in [7, 11) is 0. The Balaban J connectivity index is 1.64. The number of anilines is 2. The maximum atomic E-state index is 14.0. The predicted octanol–water partition coefficient (Wildman–Crippen LogP) is 4.05. The smallest absolute Gasteiger partial charge is 0.258 e. The summed E-state index contributed by atoms with van der Waals surface area (Å²) in [5, 5.41) is 11.9. The fraction of sp³-hybridized carbons (Fsp3) is 0.316. The summed E-state index contributed by atoms with van der Waals surface area (Å²) < 4.78 is 40.7. The molecule has 136 valence electrons. The van der Waals surface area contributed by atoms with E-state index in [1.807, 2.05) is 12.1 Å². The number of fused-ring (bicyclic) bond motifs is 2. The molecule has 2 aromatic rings. The number of carbonyl (C=O) groups is 1. The number of halogens is 3. The quantitative estimate of drug-likeness (QED) is 0.810. The Morgan fingerprint density at radius 3 is 2.62 bits per heavy atom. The molecule has 1 heterocycles. The number of hydrogen-bond donors (Lipinski definition) is 2. The summed E-state index contributed by atoms with van der Waals surface area (Å²) in [4.78, 5) is 14.6. The van der Waals surface area contributed by atoms with E-state index in [4.69, 9.17) is 0 Å². The monoisotopic (exact) mass is 362 g/mol. The van der Waals surface area contributed by atoms with Crippen LogP contribution in [0.15, 0.2) is 30.3 Å². The second kappa shape index (κ2) is 6.23. The number of phenolic OH excluding ortho intramolecular Hbond substituents is 1. The van der Waals surface area contributed by atoms with Crippen molar-refractivity contribution in [3.05, 3.63) is 53.3 Å². The molecule has 2 aliphatic rings. The van der Waals surface area contributed by atoms with Gasteiger partial charge in [-0.15, -0.1) is 0 Å². The first-order valence-electron chi connectivity index (χ1n) is 8.49. The van der Waals surface area contributed by atoms with Crippen LogP contribution in [0, 0.1) is 23.4 Å². The van der Waals surface area contributed by atoms with Gasteiger partial charge in [0, 0.05) is 12.6 Å². The maximum absolute atomic E-state index is 14.0. The second-order valence-corrected chi connectivity index (χ2v) is 6.84. The Kier molecular flexibility index (Phi) is 4.01. The number of piperidine rings is 1. The molecule has 2 fully saturated rings. The summed E-state index contributed by atoms with van der Waals surface area (Å²) >= 11 is 0. The van der Waals surface area contributed by atoms with Crippen molar-refractivity contribution in [3.63, 3.8) is 0 Å². The van der Waals surface area contributed by atoms with E-state index >= 15 is 0 Å². The molecule has 1 aliphatic carbocycles. The Labute approximate surface area is 148 Å². The number of benzene rings is 2. The van der Waals surface area contributed by atoms with Gasteiger partial charge in [0.15, 0.2) is 17.4 Å². The lowest BCUT2D eigenvalue weighted by Crippen LogP contribution is -2.32. The van der Waals surface area contributed by atoms with Crippen molar-refractivity contribution in [1.82, 2.24) is 0 Å². The molecular formula is C19H17F3N2O2.